The van der Waals surface area contributed by atoms with Gasteiger partial charge in [-0.25, -0.2) is 0 Å². The molecule has 1 heterocycles. The summed E-state index contributed by atoms with van der Waals surface area (Å²) in [5, 5.41) is 0.265. The summed E-state index contributed by atoms with van der Waals surface area (Å²) < 4.78 is 0. The van der Waals surface area contributed by atoms with E-state index in [-0.39, 0.29) is 5.38 Å². The Morgan fingerprint density at radius 3 is 2.65 bits per heavy atom. The van der Waals surface area contributed by atoms with Gasteiger partial charge in [0.2, 0.25) is 0 Å². The van der Waals surface area contributed by atoms with E-state index in [2.05, 4.69) is 18.0 Å². The van der Waals surface area contributed by atoms with E-state index >= 15 is 0 Å². The van der Waals surface area contributed by atoms with Crippen molar-refractivity contribution in [2.24, 2.45) is 5.92 Å². The van der Waals surface area contributed by atoms with Gasteiger partial charge in [0, 0.05) is 23.7 Å². The lowest BCUT2D eigenvalue weighted by Crippen LogP contribution is -2.18. The number of aromatic nitrogens is 1. The smallest absolute Gasteiger partial charge is 0.0447 e. The zero-order valence-electron chi connectivity index (χ0n) is 10.7. The first-order valence-electron chi connectivity index (χ1n) is 6.82. The topological polar surface area (TPSA) is 12.9 Å². The van der Waals surface area contributed by atoms with Crippen molar-refractivity contribution in [3.05, 3.63) is 29.6 Å². The Kier molecular flexibility index (Phi) is 4.85. The molecule has 94 valence electrons. The Morgan fingerprint density at radius 1 is 1.29 bits per heavy atom. The van der Waals surface area contributed by atoms with Crippen molar-refractivity contribution in [3.63, 3.8) is 0 Å². The molecule has 0 aromatic carbocycles. The van der Waals surface area contributed by atoms with E-state index in [0.29, 0.717) is 5.92 Å². The second-order valence-electron chi connectivity index (χ2n) is 5.24. The second kappa shape index (κ2) is 6.39. The van der Waals surface area contributed by atoms with E-state index in [4.69, 9.17) is 11.6 Å². The summed E-state index contributed by atoms with van der Waals surface area (Å²) in [5.74, 6) is 0.695. The van der Waals surface area contributed by atoms with E-state index in [1.807, 2.05) is 12.3 Å². The fourth-order valence-electron chi connectivity index (χ4n) is 2.76. The summed E-state index contributed by atoms with van der Waals surface area (Å²) in [6.45, 7) is 2.12. The molecule has 0 N–H and O–H groups in total. The van der Waals surface area contributed by atoms with Gasteiger partial charge in [-0.1, -0.05) is 31.7 Å². The molecule has 1 saturated carbocycles. The minimum atomic E-state index is 0.265. The average Bonchev–Trinajstić information content (AvgIpc) is 2.61. The normalized spacial score (nSPS) is 19.9. The Labute approximate surface area is 110 Å². The summed E-state index contributed by atoms with van der Waals surface area (Å²) in [4.78, 5) is 4.45. The summed E-state index contributed by atoms with van der Waals surface area (Å²) in [7, 11) is 0. The monoisotopic (exact) mass is 251 g/mol. The molecule has 0 aliphatic heterocycles. The molecule has 1 unspecified atom stereocenters. The number of nitrogens with zero attached hydrogens (tertiary/aromatic N) is 1. The lowest BCUT2D eigenvalue weighted by molar-refractivity contribution is 0.433. The molecule has 0 saturated heterocycles. The van der Waals surface area contributed by atoms with Crippen LogP contribution in [0.4, 0.5) is 0 Å². The molecule has 1 aliphatic carbocycles. The molecule has 1 aromatic heterocycles. The van der Waals surface area contributed by atoms with Crippen molar-refractivity contribution in [2.45, 2.75) is 57.2 Å². The standard InChI is InChI=1S/C15H22ClN/c1-12-7-6-10-17-15(12)11-14(16)13-8-4-2-3-5-9-13/h6-7,10,13-14H,2-5,8-9,11H2,1H3. The van der Waals surface area contributed by atoms with Crippen molar-refractivity contribution in [2.75, 3.05) is 0 Å². The highest BCUT2D eigenvalue weighted by Crippen LogP contribution is 2.30. The van der Waals surface area contributed by atoms with Gasteiger partial charge in [0.05, 0.1) is 0 Å². The molecule has 1 fully saturated rings. The SMILES string of the molecule is Cc1cccnc1CC(Cl)C1CCCCCC1. The maximum atomic E-state index is 6.60. The van der Waals surface area contributed by atoms with Crippen LogP contribution in [-0.2, 0) is 6.42 Å². The number of aryl methyl sites for hydroxylation is 1. The van der Waals surface area contributed by atoms with Gasteiger partial charge in [0.25, 0.3) is 0 Å². The molecular formula is C15H22ClN. The summed E-state index contributed by atoms with van der Waals surface area (Å²) >= 11 is 6.60. The molecule has 1 nitrogen and oxygen atoms in total. The molecule has 1 atom stereocenters. The van der Waals surface area contributed by atoms with Crippen molar-refractivity contribution in [1.82, 2.24) is 4.98 Å². The third-order valence-electron chi connectivity index (χ3n) is 3.92. The minimum absolute atomic E-state index is 0.265. The second-order valence-corrected chi connectivity index (χ2v) is 5.80. The first-order valence-corrected chi connectivity index (χ1v) is 7.25. The van der Waals surface area contributed by atoms with Crippen molar-refractivity contribution in [3.8, 4) is 0 Å². The van der Waals surface area contributed by atoms with Crippen molar-refractivity contribution >= 4 is 11.6 Å². The van der Waals surface area contributed by atoms with Crippen LogP contribution in [0.3, 0.4) is 0 Å². The van der Waals surface area contributed by atoms with Crippen LogP contribution in [0.5, 0.6) is 0 Å². The van der Waals surface area contributed by atoms with Crippen LogP contribution in [0.1, 0.15) is 49.8 Å². The van der Waals surface area contributed by atoms with E-state index in [9.17, 15) is 0 Å². The molecule has 1 aromatic rings. The van der Waals surface area contributed by atoms with Crippen LogP contribution in [0.25, 0.3) is 0 Å². The van der Waals surface area contributed by atoms with E-state index in [1.165, 1.54) is 49.8 Å². The summed E-state index contributed by atoms with van der Waals surface area (Å²) in [6, 6.07) is 4.12. The zero-order chi connectivity index (χ0) is 12.1. The minimum Gasteiger partial charge on any atom is -0.261 e. The van der Waals surface area contributed by atoms with Crippen LogP contribution < -0.4 is 0 Å². The zero-order valence-corrected chi connectivity index (χ0v) is 11.4. The fourth-order valence-corrected chi connectivity index (χ4v) is 3.15. The molecule has 2 rings (SSSR count). The summed E-state index contributed by atoms with van der Waals surface area (Å²) in [5.41, 5.74) is 2.45. The van der Waals surface area contributed by atoms with Gasteiger partial charge in [-0.05, 0) is 37.3 Å². The van der Waals surface area contributed by atoms with Crippen LogP contribution >= 0.6 is 11.6 Å². The Bertz CT molecular complexity index is 343. The Balaban J connectivity index is 1.95. The molecule has 0 radical (unpaired) electrons. The molecule has 0 bridgehead atoms. The number of alkyl halides is 1. The van der Waals surface area contributed by atoms with Crippen LogP contribution in [0, 0.1) is 12.8 Å². The molecule has 0 spiro atoms. The molecule has 1 aliphatic rings. The van der Waals surface area contributed by atoms with E-state index in [0.717, 1.165) is 6.42 Å². The third-order valence-corrected chi connectivity index (χ3v) is 4.43. The first-order chi connectivity index (χ1) is 8.27. The first kappa shape index (κ1) is 12.9. The van der Waals surface area contributed by atoms with E-state index < -0.39 is 0 Å². The molecular weight excluding hydrogens is 230 g/mol. The molecule has 17 heavy (non-hydrogen) atoms. The van der Waals surface area contributed by atoms with Crippen LogP contribution in [-0.4, -0.2) is 10.4 Å². The maximum Gasteiger partial charge on any atom is 0.0447 e. The highest BCUT2D eigenvalue weighted by Gasteiger charge is 2.21. The average molecular weight is 252 g/mol. The lowest BCUT2D eigenvalue weighted by atomic mass is 9.93. The number of hydrogen-bond acceptors (Lipinski definition) is 1. The largest absolute Gasteiger partial charge is 0.261 e. The predicted octanol–water partition coefficient (Wildman–Crippen LogP) is 4.51. The number of rotatable bonds is 3. The van der Waals surface area contributed by atoms with E-state index in [1.54, 1.807) is 0 Å². The van der Waals surface area contributed by atoms with Crippen molar-refractivity contribution in [1.29, 1.82) is 0 Å². The number of pyridine rings is 1. The fraction of sp³-hybridized carbons (Fsp3) is 0.667. The van der Waals surface area contributed by atoms with Crippen molar-refractivity contribution < 1.29 is 0 Å². The van der Waals surface area contributed by atoms with Crippen LogP contribution in [0.2, 0.25) is 0 Å². The summed E-state index contributed by atoms with van der Waals surface area (Å²) in [6.07, 6.45) is 10.9. The third kappa shape index (κ3) is 3.70. The molecule has 2 heteroatoms. The maximum absolute atomic E-state index is 6.60. The van der Waals surface area contributed by atoms with Gasteiger partial charge in [-0.15, -0.1) is 11.6 Å². The van der Waals surface area contributed by atoms with Gasteiger partial charge < -0.3 is 0 Å². The molecule has 0 amide bonds. The quantitative estimate of drug-likeness (QED) is 0.569. The van der Waals surface area contributed by atoms with Gasteiger partial charge in [0.1, 0.15) is 0 Å². The van der Waals surface area contributed by atoms with Crippen LogP contribution in [0.15, 0.2) is 18.3 Å². The number of hydrogen-bond donors (Lipinski definition) is 0. The van der Waals surface area contributed by atoms with Gasteiger partial charge in [-0.2, -0.15) is 0 Å². The highest BCUT2D eigenvalue weighted by molar-refractivity contribution is 6.20. The van der Waals surface area contributed by atoms with Gasteiger partial charge >= 0.3 is 0 Å². The predicted molar refractivity (Wildman–Crippen MR) is 73.5 cm³/mol. The Morgan fingerprint density at radius 2 is 2.00 bits per heavy atom. The number of halogens is 1. The van der Waals surface area contributed by atoms with Gasteiger partial charge in [0.15, 0.2) is 0 Å². The lowest BCUT2D eigenvalue weighted by Gasteiger charge is -2.20. The van der Waals surface area contributed by atoms with Gasteiger partial charge in [-0.3, -0.25) is 4.98 Å². The highest BCUT2D eigenvalue weighted by atomic mass is 35.5. The Hall–Kier alpha value is -0.560.